The van der Waals surface area contributed by atoms with Crippen molar-refractivity contribution in [2.45, 2.75) is 24.0 Å². The van der Waals surface area contributed by atoms with Crippen molar-refractivity contribution in [1.82, 2.24) is 5.32 Å². The lowest BCUT2D eigenvalue weighted by Gasteiger charge is -2.14. The number of halogens is 2. The zero-order chi connectivity index (χ0) is 30.8. The molecule has 0 saturated carbocycles. The largest absolute Gasteiger partial charge is 0.494 e. The third-order valence-corrected chi connectivity index (χ3v) is 7.98. The van der Waals surface area contributed by atoms with Crippen LogP contribution in [0.1, 0.15) is 29.8 Å². The second kappa shape index (κ2) is 15.3. The van der Waals surface area contributed by atoms with E-state index in [0.717, 1.165) is 10.6 Å². The SMILES string of the molecule is CCOc1ccc(NC(=O)C(C)Sc2ccc(NC(=O)/C(=C/c3cccc(Cl)c3Cl)NC(=O)c3ccccc3)cc2)cc1. The maximum atomic E-state index is 13.3. The van der Waals surface area contributed by atoms with Gasteiger partial charge < -0.3 is 20.7 Å². The summed E-state index contributed by atoms with van der Waals surface area (Å²) < 4.78 is 5.43. The Labute approximate surface area is 264 Å². The smallest absolute Gasteiger partial charge is 0.272 e. The van der Waals surface area contributed by atoms with E-state index < -0.39 is 11.8 Å². The van der Waals surface area contributed by atoms with Crippen LogP contribution < -0.4 is 20.7 Å². The molecule has 10 heteroatoms. The van der Waals surface area contributed by atoms with E-state index in [0.29, 0.717) is 34.1 Å². The molecule has 3 amide bonds. The van der Waals surface area contributed by atoms with Crippen molar-refractivity contribution < 1.29 is 19.1 Å². The predicted molar refractivity (Wildman–Crippen MR) is 175 cm³/mol. The van der Waals surface area contributed by atoms with Crippen molar-refractivity contribution >= 4 is 70.1 Å². The zero-order valence-electron chi connectivity index (χ0n) is 23.4. The quantitative estimate of drug-likeness (QED) is 0.115. The second-order valence-corrected chi connectivity index (χ2v) is 11.4. The minimum atomic E-state index is -0.552. The van der Waals surface area contributed by atoms with Gasteiger partial charge in [0.05, 0.1) is 21.9 Å². The summed E-state index contributed by atoms with van der Waals surface area (Å²) in [6, 6.07) is 27.8. The number of hydrogen-bond acceptors (Lipinski definition) is 5. The Morgan fingerprint density at radius 3 is 2.16 bits per heavy atom. The summed E-state index contributed by atoms with van der Waals surface area (Å²) in [6.45, 7) is 4.30. The third kappa shape index (κ3) is 9.12. The van der Waals surface area contributed by atoms with Gasteiger partial charge in [0.15, 0.2) is 0 Å². The fourth-order valence-corrected chi connectivity index (χ4v) is 5.08. The summed E-state index contributed by atoms with van der Waals surface area (Å²) in [5, 5.41) is 8.59. The maximum absolute atomic E-state index is 13.3. The number of hydrogen-bond donors (Lipinski definition) is 3. The second-order valence-electron chi connectivity index (χ2n) is 9.21. The number of carbonyl (C=O) groups excluding carboxylic acids is 3. The predicted octanol–water partition coefficient (Wildman–Crippen LogP) is 7.92. The molecule has 3 N–H and O–H groups in total. The summed E-state index contributed by atoms with van der Waals surface area (Å²) in [5.74, 6) is -0.409. The molecule has 4 aromatic carbocycles. The van der Waals surface area contributed by atoms with Gasteiger partial charge in [-0.1, -0.05) is 53.5 Å². The summed E-state index contributed by atoms with van der Waals surface area (Å²) >= 11 is 13.9. The highest BCUT2D eigenvalue weighted by Gasteiger charge is 2.18. The average Bonchev–Trinajstić information content (AvgIpc) is 3.01. The first kappa shape index (κ1) is 31.7. The van der Waals surface area contributed by atoms with Crippen LogP contribution >= 0.6 is 35.0 Å². The van der Waals surface area contributed by atoms with E-state index in [9.17, 15) is 14.4 Å². The van der Waals surface area contributed by atoms with Crippen LogP contribution in [0.25, 0.3) is 6.08 Å². The molecule has 220 valence electrons. The molecule has 1 unspecified atom stereocenters. The molecule has 0 fully saturated rings. The lowest BCUT2D eigenvalue weighted by Crippen LogP contribution is -2.30. The Morgan fingerprint density at radius 2 is 1.49 bits per heavy atom. The van der Waals surface area contributed by atoms with Gasteiger partial charge in [-0.2, -0.15) is 0 Å². The number of carbonyl (C=O) groups is 3. The lowest BCUT2D eigenvalue weighted by molar-refractivity contribution is -0.115. The van der Waals surface area contributed by atoms with Crippen LogP contribution in [-0.4, -0.2) is 29.6 Å². The van der Waals surface area contributed by atoms with Crippen molar-refractivity contribution in [3.05, 3.63) is 124 Å². The van der Waals surface area contributed by atoms with Crippen molar-refractivity contribution in [2.24, 2.45) is 0 Å². The molecule has 0 spiro atoms. The lowest BCUT2D eigenvalue weighted by atomic mass is 10.1. The van der Waals surface area contributed by atoms with E-state index in [1.807, 2.05) is 13.8 Å². The number of ether oxygens (including phenoxy) is 1. The third-order valence-electron chi connectivity index (χ3n) is 6.04. The van der Waals surface area contributed by atoms with E-state index >= 15 is 0 Å². The van der Waals surface area contributed by atoms with Gasteiger partial charge in [-0.25, -0.2) is 0 Å². The summed E-state index contributed by atoms with van der Waals surface area (Å²) in [7, 11) is 0. The van der Waals surface area contributed by atoms with Crippen molar-refractivity contribution in [3.63, 3.8) is 0 Å². The van der Waals surface area contributed by atoms with Crippen LogP contribution in [0.2, 0.25) is 10.0 Å². The van der Waals surface area contributed by atoms with E-state index in [1.165, 1.54) is 17.8 Å². The molecular formula is C33H29Cl2N3O4S. The van der Waals surface area contributed by atoms with Crippen molar-refractivity contribution in [3.8, 4) is 5.75 Å². The Balaban J connectivity index is 1.42. The van der Waals surface area contributed by atoms with Crippen molar-refractivity contribution in [2.75, 3.05) is 17.2 Å². The van der Waals surface area contributed by atoms with Crippen LogP contribution in [0.5, 0.6) is 5.75 Å². The first-order valence-corrected chi connectivity index (χ1v) is 15.0. The molecule has 0 aliphatic heterocycles. The molecule has 0 aromatic heterocycles. The van der Waals surface area contributed by atoms with Gasteiger partial charge >= 0.3 is 0 Å². The fourth-order valence-electron chi connectivity index (χ4n) is 3.85. The molecule has 1 atom stereocenters. The van der Waals surface area contributed by atoms with Gasteiger partial charge in [0.25, 0.3) is 11.8 Å². The van der Waals surface area contributed by atoms with Crippen LogP contribution in [0.4, 0.5) is 11.4 Å². The molecule has 0 bridgehead atoms. The highest BCUT2D eigenvalue weighted by atomic mass is 35.5. The normalized spacial score (nSPS) is 11.8. The van der Waals surface area contributed by atoms with Gasteiger partial charge in [0.1, 0.15) is 11.4 Å². The summed E-state index contributed by atoms with van der Waals surface area (Å²) in [6.07, 6.45) is 1.47. The number of thioether (sulfide) groups is 1. The first-order chi connectivity index (χ1) is 20.7. The fraction of sp³-hybridized carbons (Fsp3) is 0.121. The minimum Gasteiger partial charge on any atom is -0.494 e. The molecule has 0 saturated heterocycles. The highest BCUT2D eigenvalue weighted by Crippen LogP contribution is 2.28. The van der Waals surface area contributed by atoms with E-state index in [2.05, 4.69) is 16.0 Å². The van der Waals surface area contributed by atoms with Gasteiger partial charge in [-0.15, -0.1) is 11.8 Å². The number of amides is 3. The van der Waals surface area contributed by atoms with Gasteiger partial charge in [0, 0.05) is 21.8 Å². The molecule has 0 aliphatic rings. The first-order valence-electron chi connectivity index (χ1n) is 13.4. The van der Waals surface area contributed by atoms with Gasteiger partial charge in [-0.3, -0.25) is 14.4 Å². The monoisotopic (exact) mass is 633 g/mol. The van der Waals surface area contributed by atoms with E-state index in [-0.39, 0.29) is 21.9 Å². The number of nitrogens with one attached hydrogen (secondary N) is 3. The van der Waals surface area contributed by atoms with Crippen molar-refractivity contribution in [1.29, 1.82) is 0 Å². The Bertz CT molecular complexity index is 1610. The van der Waals surface area contributed by atoms with Gasteiger partial charge in [-0.05, 0) is 92.2 Å². The molecule has 43 heavy (non-hydrogen) atoms. The van der Waals surface area contributed by atoms with Crippen LogP contribution in [0.15, 0.2) is 108 Å². The minimum absolute atomic E-state index is 0.0175. The molecule has 0 radical (unpaired) electrons. The summed E-state index contributed by atoms with van der Waals surface area (Å²) in [5.41, 5.74) is 2.02. The van der Waals surface area contributed by atoms with E-state index in [1.54, 1.807) is 97.1 Å². The van der Waals surface area contributed by atoms with Gasteiger partial charge in [0.2, 0.25) is 5.91 Å². The Kier molecular flexibility index (Phi) is 11.3. The topological polar surface area (TPSA) is 96.5 Å². The molecule has 7 nitrogen and oxygen atoms in total. The maximum Gasteiger partial charge on any atom is 0.272 e. The Morgan fingerprint density at radius 1 is 0.837 bits per heavy atom. The van der Waals surface area contributed by atoms with Crippen LogP contribution in [0.3, 0.4) is 0 Å². The number of anilines is 2. The zero-order valence-corrected chi connectivity index (χ0v) is 25.7. The Hall–Kier alpha value is -4.24. The highest BCUT2D eigenvalue weighted by molar-refractivity contribution is 8.00. The molecule has 0 aliphatic carbocycles. The number of rotatable bonds is 11. The average molecular weight is 635 g/mol. The number of benzene rings is 4. The standard InChI is InChI=1S/C33H29Cl2N3O4S/c1-3-42-26-16-12-24(13-17-26)36-31(39)21(2)43-27-18-14-25(15-19-27)37-33(41)29(20-23-10-7-11-28(34)30(23)35)38-32(40)22-8-5-4-6-9-22/h4-21H,3H2,1-2H3,(H,36,39)(H,37,41)(H,38,40)/b29-20-. The van der Waals surface area contributed by atoms with Crippen LogP contribution in [-0.2, 0) is 9.59 Å². The van der Waals surface area contributed by atoms with Crippen LogP contribution in [0, 0.1) is 0 Å². The molecule has 4 rings (SSSR count). The summed E-state index contributed by atoms with van der Waals surface area (Å²) in [4.78, 5) is 39.8. The van der Waals surface area contributed by atoms with E-state index in [4.69, 9.17) is 27.9 Å². The molecular weight excluding hydrogens is 605 g/mol. The molecule has 0 heterocycles. The molecule has 4 aromatic rings.